The standard InChI is InChI=1S/C24H24ClN3O4S2/c25-15-22(29)27-12-13-28(34(31,32)20-11-14-33-17-20)21(16-27)24(30)26-23(18-7-3-1-4-8-18)19-9-5-2-6-10-19/h1-11,14,17,21,23H,12-13,15-16H2,(H,26,30)/t21-/m0/s1. The van der Waals surface area contributed by atoms with E-state index in [1.165, 1.54) is 32.0 Å². The molecule has 1 aliphatic rings. The lowest BCUT2D eigenvalue weighted by molar-refractivity contribution is -0.134. The van der Waals surface area contributed by atoms with Gasteiger partial charge in [-0.1, -0.05) is 60.7 Å². The number of rotatable bonds is 7. The third kappa shape index (κ3) is 5.17. The molecule has 1 aliphatic heterocycles. The third-order valence-corrected chi connectivity index (χ3v) is 8.72. The molecule has 0 radical (unpaired) electrons. The van der Waals surface area contributed by atoms with Gasteiger partial charge in [0.15, 0.2) is 0 Å². The van der Waals surface area contributed by atoms with Crippen LogP contribution in [0, 0.1) is 0 Å². The Labute approximate surface area is 208 Å². The lowest BCUT2D eigenvalue weighted by Crippen LogP contribution is -2.61. The van der Waals surface area contributed by atoms with Gasteiger partial charge in [0, 0.05) is 25.0 Å². The van der Waals surface area contributed by atoms with Crippen molar-refractivity contribution >= 4 is 44.8 Å². The lowest BCUT2D eigenvalue weighted by Gasteiger charge is -2.39. The van der Waals surface area contributed by atoms with E-state index in [0.717, 1.165) is 11.1 Å². The Balaban J connectivity index is 1.68. The molecule has 0 saturated carbocycles. The normalized spacial score (nSPS) is 17.0. The molecule has 34 heavy (non-hydrogen) atoms. The summed E-state index contributed by atoms with van der Waals surface area (Å²) in [5.41, 5.74) is 1.72. The average molecular weight is 518 g/mol. The number of benzene rings is 2. The second-order valence-electron chi connectivity index (χ2n) is 7.83. The number of halogens is 1. The first kappa shape index (κ1) is 24.4. The van der Waals surface area contributed by atoms with E-state index in [9.17, 15) is 18.0 Å². The van der Waals surface area contributed by atoms with Gasteiger partial charge in [-0.25, -0.2) is 8.42 Å². The highest BCUT2D eigenvalue weighted by Gasteiger charge is 2.42. The molecule has 4 rings (SSSR count). The van der Waals surface area contributed by atoms with Crippen molar-refractivity contribution in [3.8, 4) is 0 Å². The van der Waals surface area contributed by atoms with Gasteiger partial charge >= 0.3 is 0 Å². The van der Waals surface area contributed by atoms with E-state index in [1.54, 1.807) is 5.38 Å². The van der Waals surface area contributed by atoms with Crippen LogP contribution in [0.4, 0.5) is 0 Å². The molecule has 2 amide bonds. The summed E-state index contributed by atoms with van der Waals surface area (Å²) in [6.07, 6.45) is 0. The number of hydrogen-bond acceptors (Lipinski definition) is 5. The van der Waals surface area contributed by atoms with Crippen LogP contribution in [0.2, 0.25) is 0 Å². The molecule has 1 fully saturated rings. The van der Waals surface area contributed by atoms with E-state index in [-0.39, 0.29) is 36.3 Å². The maximum Gasteiger partial charge on any atom is 0.244 e. The molecule has 1 saturated heterocycles. The number of alkyl halides is 1. The van der Waals surface area contributed by atoms with Crippen LogP contribution in [0.15, 0.2) is 82.4 Å². The van der Waals surface area contributed by atoms with Crippen LogP contribution in [0.25, 0.3) is 0 Å². The van der Waals surface area contributed by atoms with Crippen molar-refractivity contribution in [2.45, 2.75) is 17.0 Å². The topological polar surface area (TPSA) is 86.8 Å². The average Bonchev–Trinajstić information content (AvgIpc) is 3.43. The summed E-state index contributed by atoms with van der Waals surface area (Å²) < 4.78 is 27.9. The minimum absolute atomic E-state index is 0.000234. The Kier molecular flexibility index (Phi) is 7.67. The predicted octanol–water partition coefficient (Wildman–Crippen LogP) is 3.09. The van der Waals surface area contributed by atoms with Crippen LogP contribution in [0.1, 0.15) is 17.2 Å². The minimum atomic E-state index is -3.92. The van der Waals surface area contributed by atoms with Gasteiger partial charge in [0.1, 0.15) is 11.9 Å². The first-order valence-corrected chi connectivity index (χ1v) is 13.6. The van der Waals surface area contributed by atoms with Gasteiger partial charge in [0.2, 0.25) is 21.8 Å². The highest BCUT2D eigenvalue weighted by atomic mass is 35.5. The van der Waals surface area contributed by atoms with Gasteiger partial charge in [-0.3, -0.25) is 9.59 Å². The van der Waals surface area contributed by atoms with E-state index < -0.39 is 28.0 Å². The summed E-state index contributed by atoms with van der Waals surface area (Å²) in [7, 11) is -3.92. The molecule has 1 N–H and O–H groups in total. The highest BCUT2D eigenvalue weighted by molar-refractivity contribution is 7.89. The Bertz CT molecular complexity index is 1180. The van der Waals surface area contributed by atoms with Crippen LogP contribution in [-0.2, 0) is 19.6 Å². The number of amides is 2. The molecule has 7 nitrogen and oxygen atoms in total. The maximum atomic E-state index is 13.7. The monoisotopic (exact) mass is 517 g/mol. The molecule has 1 aromatic heterocycles. The van der Waals surface area contributed by atoms with Crippen molar-refractivity contribution in [3.05, 3.63) is 88.6 Å². The quantitative estimate of drug-likeness (QED) is 0.488. The predicted molar refractivity (Wildman–Crippen MR) is 132 cm³/mol. The minimum Gasteiger partial charge on any atom is -0.344 e. The number of hydrogen-bond donors (Lipinski definition) is 1. The third-order valence-electron chi connectivity index (χ3n) is 5.75. The summed E-state index contributed by atoms with van der Waals surface area (Å²) in [6.45, 7) is 0.0940. The molecular weight excluding hydrogens is 494 g/mol. The second kappa shape index (κ2) is 10.7. The SMILES string of the molecule is O=C(NC(c1ccccc1)c1ccccc1)[C@@H]1CN(C(=O)CCl)CCN1S(=O)(=O)c1ccsc1. The molecule has 2 aromatic carbocycles. The van der Waals surface area contributed by atoms with Crippen LogP contribution < -0.4 is 5.32 Å². The van der Waals surface area contributed by atoms with E-state index in [4.69, 9.17) is 11.6 Å². The molecule has 0 aliphatic carbocycles. The zero-order chi connectivity index (χ0) is 24.1. The number of nitrogens with zero attached hydrogens (tertiary/aromatic N) is 2. The largest absolute Gasteiger partial charge is 0.344 e. The highest BCUT2D eigenvalue weighted by Crippen LogP contribution is 2.26. The van der Waals surface area contributed by atoms with Crippen molar-refractivity contribution < 1.29 is 18.0 Å². The molecule has 2 heterocycles. The number of piperazine rings is 1. The fourth-order valence-electron chi connectivity index (χ4n) is 4.00. The summed E-state index contributed by atoms with van der Waals surface area (Å²) in [6, 6.07) is 18.9. The van der Waals surface area contributed by atoms with Gasteiger partial charge in [-0.2, -0.15) is 15.6 Å². The van der Waals surface area contributed by atoms with Crippen LogP contribution in [0.3, 0.4) is 0 Å². The summed E-state index contributed by atoms with van der Waals surface area (Å²) in [4.78, 5) is 27.5. The summed E-state index contributed by atoms with van der Waals surface area (Å²) in [5, 5.41) is 6.25. The van der Waals surface area contributed by atoms with E-state index in [2.05, 4.69) is 5.32 Å². The van der Waals surface area contributed by atoms with E-state index >= 15 is 0 Å². The van der Waals surface area contributed by atoms with Crippen molar-refractivity contribution in [1.29, 1.82) is 0 Å². The fraction of sp³-hybridized carbons (Fsp3) is 0.250. The molecule has 0 unspecified atom stereocenters. The van der Waals surface area contributed by atoms with Crippen molar-refractivity contribution in [1.82, 2.24) is 14.5 Å². The molecule has 10 heteroatoms. The number of carbonyl (C=O) groups excluding carboxylic acids is 2. The first-order chi connectivity index (χ1) is 16.4. The molecule has 0 bridgehead atoms. The van der Waals surface area contributed by atoms with Crippen molar-refractivity contribution in [3.63, 3.8) is 0 Å². The Morgan fingerprint density at radius 1 is 1.00 bits per heavy atom. The van der Waals surface area contributed by atoms with Crippen molar-refractivity contribution in [2.24, 2.45) is 0 Å². The van der Waals surface area contributed by atoms with Crippen LogP contribution in [0.5, 0.6) is 0 Å². The zero-order valence-electron chi connectivity index (χ0n) is 18.2. The Hall–Kier alpha value is -2.72. The molecule has 178 valence electrons. The van der Waals surface area contributed by atoms with Crippen LogP contribution in [-0.4, -0.2) is 61.0 Å². The first-order valence-electron chi connectivity index (χ1n) is 10.7. The molecule has 1 atom stereocenters. The van der Waals surface area contributed by atoms with Gasteiger partial charge in [-0.05, 0) is 22.6 Å². The van der Waals surface area contributed by atoms with Gasteiger partial charge in [0.05, 0.1) is 10.9 Å². The number of carbonyl (C=O) groups is 2. The van der Waals surface area contributed by atoms with Gasteiger partial charge in [-0.15, -0.1) is 11.6 Å². The lowest BCUT2D eigenvalue weighted by atomic mass is 9.98. The molecule has 3 aromatic rings. The maximum absolute atomic E-state index is 13.7. The molecular formula is C24H24ClN3O4S2. The number of sulfonamides is 1. The van der Waals surface area contributed by atoms with Crippen molar-refractivity contribution in [2.75, 3.05) is 25.5 Å². The Morgan fingerprint density at radius 3 is 2.15 bits per heavy atom. The fourth-order valence-corrected chi connectivity index (χ4v) is 6.76. The summed E-state index contributed by atoms with van der Waals surface area (Å²) in [5.74, 6) is -1.05. The van der Waals surface area contributed by atoms with Crippen LogP contribution >= 0.6 is 22.9 Å². The van der Waals surface area contributed by atoms with Gasteiger partial charge < -0.3 is 10.2 Å². The number of thiophene rings is 1. The molecule has 0 spiro atoms. The van der Waals surface area contributed by atoms with Gasteiger partial charge in [0.25, 0.3) is 0 Å². The van der Waals surface area contributed by atoms with E-state index in [0.29, 0.717) is 0 Å². The second-order valence-corrected chi connectivity index (χ2v) is 10.8. The van der Waals surface area contributed by atoms with E-state index in [1.807, 2.05) is 60.7 Å². The Morgan fingerprint density at radius 2 is 1.62 bits per heavy atom. The smallest absolute Gasteiger partial charge is 0.244 e. The summed E-state index contributed by atoms with van der Waals surface area (Å²) >= 11 is 7.01. The zero-order valence-corrected chi connectivity index (χ0v) is 20.6. The number of nitrogens with one attached hydrogen (secondary N) is 1.